The number of likely N-dealkylation sites (N-methyl/N-ethyl adjacent to an activating group) is 1. The van der Waals surface area contributed by atoms with E-state index in [0.717, 1.165) is 13.0 Å². The van der Waals surface area contributed by atoms with Crippen molar-refractivity contribution in [2.24, 2.45) is 0 Å². The second-order valence-corrected chi connectivity index (χ2v) is 6.17. The molecule has 2 unspecified atom stereocenters. The molecule has 0 saturated carbocycles. The standard InChI is InChI=1S/C14H24N2OS/c1-3-5-15-13(9-12-4-7-17-10-12)14-11-18-8-6-16(14)2/h4,7,10,13-15H,3,5-6,8-9,11H2,1-2H3. The molecule has 4 heteroatoms. The van der Waals surface area contributed by atoms with Gasteiger partial charge < -0.3 is 14.6 Å². The summed E-state index contributed by atoms with van der Waals surface area (Å²) in [5.74, 6) is 2.49. The zero-order valence-corrected chi connectivity index (χ0v) is 12.2. The van der Waals surface area contributed by atoms with E-state index in [1.54, 1.807) is 6.26 Å². The smallest absolute Gasteiger partial charge is 0.0935 e. The molecule has 3 nitrogen and oxygen atoms in total. The van der Waals surface area contributed by atoms with Gasteiger partial charge in [-0.15, -0.1) is 0 Å². The van der Waals surface area contributed by atoms with Crippen LogP contribution in [0.25, 0.3) is 0 Å². The summed E-state index contributed by atoms with van der Waals surface area (Å²) in [6.07, 6.45) is 5.89. The highest BCUT2D eigenvalue weighted by Gasteiger charge is 2.27. The Morgan fingerprint density at radius 1 is 1.61 bits per heavy atom. The third-order valence-electron chi connectivity index (χ3n) is 3.60. The molecule has 0 aromatic carbocycles. The summed E-state index contributed by atoms with van der Waals surface area (Å²) in [7, 11) is 2.25. The molecule has 0 amide bonds. The molecule has 0 spiro atoms. The van der Waals surface area contributed by atoms with Gasteiger partial charge in [-0.05, 0) is 38.1 Å². The van der Waals surface area contributed by atoms with E-state index < -0.39 is 0 Å². The summed E-state index contributed by atoms with van der Waals surface area (Å²) < 4.78 is 5.19. The quantitative estimate of drug-likeness (QED) is 0.856. The maximum Gasteiger partial charge on any atom is 0.0935 e. The SMILES string of the molecule is CCCNC(Cc1ccoc1)C1CSCCN1C. The second-order valence-electron chi connectivity index (χ2n) is 5.02. The Morgan fingerprint density at radius 3 is 3.17 bits per heavy atom. The van der Waals surface area contributed by atoms with E-state index in [0.29, 0.717) is 12.1 Å². The van der Waals surface area contributed by atoms with Crippen molar-refractivity contribution in [2.75, 3.05) is 31.6 Å². The fraction of sp³-hybridized carbons (Fsp3) is 0.714. The average Bonchev–Trinajstić information content (AvgIpc) is 2.88. The van der Waals surface area contributed by atoms with Crippen LogP contribution in [-0.2, 0) is 6.42 Å². The third-order valence-corrected chi connectivity index (χ3v) is 4.65. The molecule has 1 N–H and O–H groups in total. The van der Waals surface area contributed by atoms with Crippen LogP contribution in [0.2, 0.25) is 0 Å². The van der Waals surface area contributed by atoms with Crippen molar-refractivity contribution < 1.29 is 4.42 Å². The number of nitrogens with one attached hydrogen (secondary N) is 1. The van der Waals surface area contributed by atoms with E-state index in [9.17, 15) is 0 Å². The maximum atomic E-state index is 5.19. The molecule has 0 radical (unpaired) electrons. The normalized spacial score (nSPS) is 23.1. The zero-order valence-electron chi connectivity index (χ0n) is 11.4. The van der Waals surface area contributed by atoms with Gasteiger partial charge in [0.2, 0.25) is 0 Å². The summed E-state index contributed by atoms with van der Waals surface area (Å²) in [5.41, 5.74) is 1.30. The van der Waals surface area contributed by atoms with E-state index in [4.69, 9.17) is 4.42 Å². The summed E-state index contributed by atoms with van der Waals surface area (Å²) >= 11 is 2.08. The van der Waals surface area contributed by atoms with Crippen molar-refractivity contribution in [3.63, 3.8) is 0 Å². The van der Waals surface area contributed by atoms with Crippen LogP contribution in [0.1, 0.15) is 18.9 Å². The Bertz CT molecular complexity index is 329. The summed E-state index contributed by atoms with van der Waals surface area (Å²) in [6.45, 7) is 4.52. The van der Waals surface area contributed by atoms with Crippen LogP contribution in [-0.4, -0.2) is 48.6 Å². The monoisotopic (exact) mass is 268 g/mol. The van der Waals surface area contributed by atoms with Crippen LogP contribution >= 0.6 is 11.8 Å². The van der Waals surface area contributed by atoms with Crippen LogP contribution < -0.4 is 5.32 Å². The van der Waals surface area contributed by atoms with Gasteiger partial charge in [0.1, 0.15) is 0 Å². The highest BCUT2D eigenvalue weighted by molar-refractivity contribution is 7.99. The van der Waals surface area contributed by atoms with Gasteiger partial charge in [-0.3, -0.25) is 0 Å². The van der Waals surface area contributed by atoms with Crippen LogP contribution in [0.15, 0.2) is 23.0 Å². The molecule has 2 rings (SSSR count). The number of thioether (sulfide) groups is 1. The molecule has 1 aromatic heterocycles. The van der Waals surface area contributed by atoms with E-state index >= 15 is 0 Å². The third kappa shape index (κ3) is 3.77. The minimum atomic E-state index is 0.528. The summed E-state index contributed by atoms with van der Waals surface area (Å²) in [6, 6.07) is 3.24. The van der Waals surface area contributed by atoms with Gasteiger partial charge in [0.05, 0.1) is 12.5 Å². The Hall–Kier alpha value is -0.450. The lowest BCUT2D eigenvalue weighted by Gasteiger charge is -2.38. The highest BCUT2D eigenvalue weighted by Crippen LogP contribution is 2.20. The molecule has 1 aliphatic heterocycles. The molecule has 0 bridgehead atoms. The second kappa shape index (κ2) is 7.22. The van der Waals surface area contributed by atoms with Crippen LogP contribution in [0.3, 0.4) is 0 Å². The fourth-order valence-electron chi connectivity index (χ4n) is 2.47. The summed E-state index contributed by atoms with van der Waals surface area (Å²) in [5, 5.41) is 3.71. The molecule has 1 fully saturated rings. The Balaban J connectivity index is 1.98. The van der Waals surface area contributed by atoms with E-state index in [-0.39, 0.29) is 0 Å². The first-order chi connectivity index (χ1) is 8.81. The van der Waals surface area contributed by atoms with Crippen molar-refractivity contribution in [1.29, 1.82) is 0 Å². The topological polar surface area (TPSA) is 28.4 Å². The van der Waals surface area contributed by atoms with Crippen molar-refractivity contribution in [3.05, 3.63) is 24.2 Å². The molecule has 1 aromatic rings. The van der Waals surface area contributed by atoms with Gasteiger partial charge >= 0.3 is 0 Å². The van der Waals surface area contributed by atoms with Crippen LogP contribution in [0, 0.1) is 0 Å². The van der Waals surface area contributed by atoms with Gasteiger partial charge in [0.25, 0.3) is 0 Å². The largest absolute Gasteiger partial charge is 0.472 e. The van der Waals surface area contributed by atoms with E-state index in [2.05, 4.69) is 42.0 Å². The summed E-state index contributed by atoms with van der Waals surface area (Å²) in [4.78, 5) is 2.50. The number of nitrogens with zero attached hydrogens (tertiary/aromatic N) is 1. The van der Waals surface area contributed by atoms with Crippen molar-refractivity contribution >= 4 is 11.8 Å². The van der Waals surface area contributed by atoms with E-state index in [1.165, 1.54) is 30.0 Å². The Morgan fingerprint density at radius 2 is 2.50 bits per heavy atom. The van der Waals surface area contributed by atoms with Gasteiger partial charge in [0, 0.05) is 30.1 Å². The molecule has 1 saturated heterocycles. The van der Waals surface area contributed by atoms with Crippen LogP contribution in [0.5, 0.6) is 0 Å². The first kappa shape index (κ1) is 14.0. The number of hydrogen-bond acceptors (Lipinski definition) is 4. The first-order valence-corrected chi connectivity index (χ1v) is 7.99. The molecule has 0 aliphatic carbocycles. The molecule has 102 valence electrons. The molecular weight excluding hydrogens is 244 g/mol. The predicted molar refractivity (Wildman–Crippen MR) is 78.2 cm³/mol. The fourth-order valence-corrected chi connectivity index (χ4v) is 3.78. The highest BCUT2D eigenvalue weighted by atomic mass is 32.2. The lowest BCUT2D eigenvalue weighted by Crippen LogP contribution is -2.53. The van der Waals surface area contributed by atoms with Gasteiger partial charge in [-0.1, -0.05) is 6.92 Å². The van der Waals surface area contributed by atoms with Crippen LogP contribution in [0.4, 0.5) is 0 Å². The molecule has 2 heterocycles. The van der Waals surface area contributed by atoms with Crippen molar-refractivity contribution in [2.45, 2.75) is 31.8 Å². The van der Waals surface area contributed by atoms with E-state index in [1.807, 2.05) is 6.26 Å². The van der Waals surface area contributed by atoms with Gasteiger partial charge in [0.15, 0.2) is 0 Å². The van der Waals surface area contributed by atoms with Crippen molar-refractivity contribution in [3.8, 4) is 0 Å². The number of hydrogen-bond donors (Lipinski definition) is 1. The van der Waals surface area contributed by atoms with Gasteiger partial charge in [-0.25, -0.2) is 0 Å². The Kier molecular flexibility index (Phi) is 5.60. The molecule has 1 aliphatic rings. The molecule has 18 heavy (non-hydrogen) atoms. The molecular formula is C14H24N2OS. The molecule has 2 atom stereocenters. The number of furan rings is 1. The maximum absolute atomic E-state index is 5.19. The predicted octanol–water partition coefficient (Wildman–Crippen LogP) is 2.24. The first-order valence-electron chi connectivity index (χ1n) is 6.83. The number of rotatable bonds is 6. The lowest BCUT2D eigenvalue weighted by molar-refractivity contribution is 0.213. The minimum absolute atomic E-state index is 0.528. The van der Waals surface area contributed by atoms with Gasteiger partial charge in [-0.2, -0.15) is 11.8 Å². The lowest BCUT2D eigenvalue weighted by atomic mass is 10.0. The average molecular weight is 268 g/mol. The van der Waals surface area contributed by atoms with Crippen molar-refractivity contribution in [1.82, 2.24) is 10.2 Å². The zero-order chi connectivity index (χ0) is 12.8. The minimum Gasteiger partial charge on any atom is -0.472 e. The Labute approximate surface area is 114 Å².